The molecular formula is C14H17F3N2O2. The first kappa shape index (κ1) is 14.3. The summed E-state index contributed by atoms with van der Waals surface area (Å²) in [7, 11) is 0. The molecular weight excluding hydrogens is 285 g/mol. The van der Waals surface area contributed by atoms with E-state index < -0.39 is 18.5 Å². The molecule has 116 valence electrons. The summed E-state index contributed by atoms with van der Waals surface area (Å²) in [5.74, 6) is 0.810. The van der Waals surface area contributed by atoms with Crippen molar-refractivity contribution in [2.45, 2.75) is 25.1 Å². The average Bonchev–Trinajstić information content (AvgIpc) is 2.82. The van der Waals surface area contributed by atoms with Crippen molar-refractivity contribution in [3.8, 4) is 11.5 Å². The number of alkyl halides is 3. The monoisotopic (exact) mass is 302 g/mol. The minimum absolute atomic E-state index is 0.176. The number of piperidine rings is 1. The largest absolute Gasteiger partial charge is 0.454 e. The molecule has 21 heavy (non-hydrogen) atoms. The molecule has 0 saturated carbocycles. The van der Waals surface area contributed by atoms with E-state index >= 15 is 0 Å². The number of hydrogen-bond donors (Lipinski definition) is 1. The zero-order valence-corrected chi connectivity index (χ0v) is 11.4. The van der Waals surface area contributed by atoms with Gasteiger partial charge in [0.15, 0.2) is 11.5 Å². The average molecular weight is 302 g/mol. The molecule has 2 aliphatic rings. The van der Waals surface area contributed by atoms with Crippen LogP contribution in [0, 0.1) is 5.92 Å². The van der Waals surface area contributed by atoms with E-state index in [0.29, 0.717) is 31.0 Å². The van der Waals surface area contributed by atoms with Gasteiger partial charge in [-0.1, -0.05) is 0 Å². The third-order valence-corrected chi connectivity index (χ3v) is 3.81. The number of benzene rings is 1. The maximum atomic E-state index is 12.6. The van der Waals surface area contributed by atoms with Crippen LogP contribution in [0.5, 0.6) is 11.5 Å². The molecule has 0 aliphatic carbocycles. The Morgan fingerprint density at radius 3 is 2.71 bits per heavy atom. The predicted octanol–water partition coefficient (Wildman–Crippen LogP) is 2.52. The highest BCUT2D eigenvalue weighted by Gasteiger charge is 2.36. The highest BCUT2D eigenvalue weighted by Crippen LogP contribution is 2.37. The standard InChI is InChI=1S/C14H17F3N2O2/c15-14(16,17)5-9-3-10(18)7-19(6-9)11-1-2-12-13(4-11)21-8-20-12/h1-2,4,9-10H,3,5-8,18H2. The number of hydrogen-bond acceptors (Lipinski definition) is 4. The van der Waals surface area contributed by atoms with Crippen LogP contribution in [0.4, 0.5) is 18.9 Å². The van der Waals surface area contributed by atoms with E-state index in [-0.39, 0.29) is 12.8 Å². The molecule has 3 rings (SSSR count). The van der Waals surface area contributed by atoms with Gasteiger partial charge in [-0.15, -0.1) is 0 Å². The van der Waals surface area contributed by atoms with Crippen molar-refractivity contribution in [1.82, 2.24) is 0 Å². The molecule has 0 aromatic heterocycles. The lowest BCUT2D eigenvalue weighted by Gasteiger charge is -2.38. The van der Waals surface area contributed by atoms with Crippen LogP contribution in [-0.4, -0.2) is 32.1 Å². The van der Waals surface area contributed by atoms with Gasteiger partial charge in [0.05, 0.1) is 0 Å². The Kier molecular flexibility index (Phi) is 3.61. The molecule has 4 nitrogen and oxygen atoms in total. The number of nitrogens with zero attached hydrogens (tertiary/aromatic N) is 1. The molecule has 1 aromatic carbocycles. The molecule has 1 saturated heterocycles. The van der Waals surface area contributed by atoms with Gasteiger partial charge < -0.3 is 20.1 Å². The Hall–Kier alpha value is -1.63. The van der Waals surface area contributed by atoms with Crippen molar-refractivity contribution in [3.05, 3.63) is 18.2 Å². The first-order valence-corrected chi connectivity index (χ1v) is 6.87. The summed E-state index contributed by atoms with van der Waals surface area (Å²) in [5.41, 5.74) is 6.74. The molecule has 2 N–H and O–H groups in total. The van der Waals surface area contributed by atoms with Crippen LogP contribution < -0.4 is 20.1 Å². The van der Waals surface area contributed by atoms with Crippen molar-refractivity contribution in [1.29, 1.82) is 0 Å². The van der Waals surface area contributed by atoms with E-state index in [0.717, 1.165) is 5.69 Å². The van der Waals surface area contributed by atoms with E-state index in [4.69, 9.17) is 15.2 Å². The highest BCUT2D eigenvalue weighted by molar-refractivity contribution is 5.57. The fourth-order valence-electron chi connectivity index (χ4n) is 3.01. The smallest absolute Gasteiger partial charge is 0.389 e. The van der Waals surface area contributed by atoms with Gasteiger partial charge >= 0.3 is 6.18 Å². The van der Waals surface area contributed by atoms with E-state index in [1.807, 2.05) is 11.0 Å². The van der Waals surface area contributed by atoms with Crippen LogP contribution in [0.25, 0.3) is 0 Å². The van der Waals surface area contributed by atoms with Crippen molar-refractivity contribution in [3.63, 3.8) is 0 Å². The van der Waals surface area contributed by atoms with E-state index in [1.54, 1.807) is 12.1 Å². The molecule has 0 bridgehead atoms. The van der Waals surface area contributed by atoms with Gasteiger partial charge in [-0.3, -0.25) is 0 Å². The number of nitrogens with two attached hydrogens (primary N) is 1. The van der Waals surface area contributed by atoms with Crippen LogP contribution >= 0.6 is 0 Å². The fourth-order valence-corrected chi connectivity index (χ4v) is 3.01. The minimum Gasteiger partial charge on any atom is -0.454 e. The summed E-state index contributed by atoms with van der Waals surface area (Å²) >= 11 is 0. The van der Waals surface area contributed by atoms with Gasteiger partial charge in [-0.05, 0) is 24.5 Å². The SMILES string of the molecule is NC1CC(CC(F)(F)F)CN(c2ccc3c(c2)OCO3)C1. The zero-order chi connectivity index (χ0) is 15.0. The Balaban J connectivity index is 1.75. The first-order chi connectivity index (χ1) is 9.90. The quantitative estimate of drug-likeness (QED) is 0.912. The molecule has 0 amide bonds. The Bertz CT molecular complexity index is 521. The Morgan fingerprint density at radius 2 is 1.95 bits per heavy atom. The maximum Gasteiger partial charge on any atom is 0.389 e. The lowest BCUT2D eigenvalue weighted by molar-refractivity contribution is -0.145. The molecule has 2 heterocycles. The summed E-state index contributed by atoms with van der Waals surface area (Å²) < 4.78 is 48.3. The van der Waals surface area contributed by atoms with Gasteiger partial charge in [-0.2, -0.15) is 13.2 Å². The van der Waals surface area contributed by atoms with Gasteiger partial charge in [0.2, 0.25) is 6.79 Å². The zero-order valence-electron chi connectivity index (χ0n) is 11.4. The highest BCUT2D eigenvalue weighted by atomic mass is 19.4. The van der Waals surface area contributed by atoms with Gasteiger partial charge in [0.25, 0.3) is 0 Å². The second-order valence-corrected chi connectivity index (χ2v) is 5.62. The second kappa shape index (κ2) is 5.29. The van der Waals surface area contributed by atoms with Crippen LogP contribution in [0.2, 0.25) is 0 Å². The van der Waals surface area contributed by atoms with Crippen molar-refractivity contribution in [2.24, 2.45) is 11.7 Å². The fraction of sp³-hybridized carbons (Fsp3) is 0.571. The van der Waals surface area contributed by atoms with Crippen LogP contribution in [0.3, 0.4) is 0 Å². The summed E-state index contributed by atoms with van der Waals surface area (Å²) in [4.78, 5) is 1.90. The number of rotatable bonds is 2. The molecule has 0 spiro atoms. The van der Waals surface area contributed by atoms with Crippen LogP contribution in [-0.2, 0) is 0 Å². The lowest BCUT2D eigenvalue weighted by Crippen LogP contribution is -2.48. The number of halogens is 3. The minimum atomic E-state index is -4.15. The van der Waals surface area contributed by atoms with Crippen LogP contribution in [0.15, 0.2) is 18.2 Å². The molecule has 1 aromatic rings. The Labute approximate surface area is 120 Å². The molecule has 2 atom stereocenters. The lowest BCUT2D eigenvalue weighted by atomic mass is 9.91. The molecule has 7 heteroatoms. The van der Waals surface area contributed by atoms with Crippen LogP contribution in [0.1, 0.15) is 12.8 Å². The van der Waals surface area contributed by atoms with E-state index in [1.165, 1.54) is 0 Å². The van der Waals surface area contributed by atoms with Gasteiger partial charge in [0.1, 0.15) is 0 Å². The normalized spacial score (nSPS) is 25.2. The van der Waals surface area contributed by atoms with E-state index in [9.17, 15) is 13.2 Å². The molecule has 2 aliphatic heterocycles. The van der Waals surface area contributed by atoms with Crippen molar-refractivity contribution < 1.29 is 22.6 Å². The third kappa shape index (κ3) is 3.34. The maximum absolute atomic E-state index is 12.6. The number of anilines is 1. The summed E-state index contributed by atoms with van der Waals surface area (Å²) in [5, 5.41) is 0. The number of ether oxygens (including phenoxy) is 2. The van der Waals surface area contributed by atoms with Crippen molar-refractivity contribution in [2.75, 3.05) is 24.8 Å². The second-order valence-electron chi connectivity index (χ2n) is 5.62. The first-order valence-electron chi connectivity index (χ1n) is 6.87. The van der Waals surface area contributed by atoms with Gasteiger partial charge in [-0.25, -0.2) is 0 Å². The molecule has 0 radical (unpaired) electrons. The summed E-state index contributed by atoms with van der Waals surface area (Å²) in [6, 6.07) is 5.15. The predicted molar refractivity (Wildman–Crippen MR) is 71.5 cm³/mol. The number of fused-ring (bicyclic) bond motifs is 1. The topological polar surface area (TPSA) is 47.7 Å². The van der Waals surface area contributed by atoms with Crippen molar-refractivity contribution >= 4 is 5.69 Å². The van der Waals surface area contributed by atoms with E-state index in [2.05, 4.69) is 0 Å². The summed E-state index contributed by atoms with van der Waals surface area (Å²) in [6.45, 7) is 1.08. The Morgan fingerprint density at radius 1 is 1.19 bits per heavy atom. The van der Waals surface area contributed by atoms with Gasteiger partial charge in [0, 0.05) is 37.3 Å². The summed E-state index contributed by atoms with van der Waals surface area (Å²) in [6.07, 6.45) is -4.54. The third-order valence-electron chi connectivity index (χ3n) is 3.81. The molecule has 1 fully saturated rings. The molecule has 2 unspecified atom stereocenters.